The Morgan fingerprint density at radius 1 is 0.364 bits per heavy atom. The van der Waals surface area contributed by atoms with Crippen LogP contribution in [0.25, 0.3) is 55.3 Å². The molecule has 0 spiro atoms. The fourth-order valence-corrected chi connectivity index (χ4v) is 5.85. The molecule has 0 bridgehead atoms. The maximum atomic E-state index is 6.05. The third-order valence-corrected chi connectivity index (χ3v) is 8.11. The Labute approximate surface area is 255 Å². The molecule has 4 nitrogen and oxygen atoms in total. The Bertz CT molecular complexity index is 2100. The third kappa shape index (κ3) is 4.79. The molecule has 8 aromatic rings. The standard InChI is InChI=1S/C40H27N3O/c1-2-4-39-37(3-1)38-27-33(11-18-40(38)44-39)30-9-16-36(17-10-30)43(34-12-5-28(6-13-34)31-19-23-41-24-20-31)35-14-7-29(8-15-35)32-21-25-42-26-22-32/h1-27H. The molecule has 208 valence electrons. The van der Waals surface area contributed by atoms with Gasteiger partial charge in [0.2, 0.25) is 0 Å². The van der Waals surface area contributed by atoms with Crippen molar-refractivity contribution in [3.05, 3.63) is 164 Å². The molecular formula is C40H27N3O. The SMILES string of the molecule is c1ccc2c(c1)oc1ccc(-c3ccc(N(c4ccc(-c5ccncc5)cc4)c4ccc(-c5ccncc5)cc4)cc3)cc12. The van der Waals surface area contributed by atoms with E-state index >= 15 is 0 Å². The molecular weight excluding hydrogens is 538 g/mol. The molecule has 0 amide bonds. The van der Waals surface area contributed by atoms with Gasteiger partial charge < -0.3 is 9.32 Å². The van der Waals surface area contributed by atoms with Crippen molar-refractivity contribution in [1.82, 2.24) is 9.97 Å². The Balaban J connectivity index is 1.17. The number of nitrogens with zero attached hydrogens (tertiary/aromatic N) is 3. The molecule has 0 fully saturated rings. The van der Waals surface area contributed by atoms with Crippen LogP contribution in [0.15, 0.2) is 169 Å². The van der Waals surface area contributed by atoms with Gasteiger partial charge in [0.1, 0.15) is 11.2 Å². The Kier molecular flexibility index (Phi) is 6.43. The summed E-state index contributed by atoms with van der Waals surface area (Å²) in [6.07, 6.45) is 7.31. The predicted molar refractivity (Wildman–Crippen MR) is 180 cm³/mol. The number of anilines is 3. The van der Waals surface area contributed by atoms with E-state index in [2.05, 4.69) is 118 Å². The Hall–Kier alpha value is -6.00. The lowest BCUT2D eigenvalue weighted by molar-refractivity contribution is 0.669. The second kappa shape index (κ2) is 11.0. The molecule has 8 rings (SSSR count). The molecule has 3 heterocycles. The minimum absolute atomic E-state index is 0.906. The summed E-state index contributed by atoms with van der Waals surface area (Å²) < 4.78 is 6.05. The zero-order valence-corrected chi connectivity index (χ0v) is 23.8. The molecule has 0 aliphatic rings. The molecule has 44 heavy (non-hydrogen) atoms. The van der Waals surface area contributed by atoms with E-state index in [4.69, 9.17) is 4.42 Å². The van der Waals surface area contributed by atoms with Crippen LogP contribution in [0.3, 0.4) is 0 Å². The quantitative estimate of drug-likeness (QED) is 0.201. The number of furan rings is 1. The number of rotatable bonds is 6. The average molecular weight is 566 g/mol. The van der Waals surface area contributed by atoms with E-state index < -0.39 is 0 Å². The minimum atomic E-state index is 0.906. The molecule has 0 aliphatic heterocycles. The van der Waals surface area contributed by atoms with E-state index in [1.54, 1.807) is 0 Å². The van der Waals surface area contributed by atoms with Crippen LogP contribution in [-0.2, 0) is 0 Å². The van der Waals surface area contributed by atoms with Gasteiger partial charge in [-0.05, 0) is 112 Å². The molecule has 0 radical (unpaired) electrons. The highest BCUT2D eigenvalue weighted by atomic mass is 16.3. The third-order valence-electron chi connectivity index (χ3n) is 8.11. The Morgan fingerprint density at radius 2 is 0.773 bits per heavy atom. The lowest BCUT2D eigenvalue weighted by Gasteiger charge is -2.26. The van der Waals surface area contributed by atoms with Gasteiger partial charge in [0, 0.05) is 52.6 Å². The van der Waals surface area contributed by atoms with E-state index in [0.717, 1.165) is 72.4 Å². The smallest absolute Gasteiger partial charge is 0.135 e. The van der Waals surface area contributed by atoms with Crippen LogP contribution in [0.5, 0.6) is 0 Å². The minimum Gasteiger partial charge on any atom is -0.456 e. The van der Waals surface area contributed by atoms with E-state index in [9.17, 15) is 0 Å². The molecule has 0 saturated carbocycles. The summed E-state index contributed by atoms with van der Waals surface area (Å²) in [4.78, 5) is 10.6. The molecule has 0 unspecified atom stereocenters. The summed E-state index contributed by atoms with van der Waals surface area (Å²) in [6, 6.07) is 48.9. The molecule has 0 N–H and O–H groups in total. The van der Waals surface area contributed by atoms with Crippen molar-refractivity contribution in [3.63, 3.8) is 0 Å². The lowest BCUT2D eigenvalue weighted by atomic mass is 10.0. The Morgan fingerprint density at radius 3 is 1.30 bits per heavy atom. The first-order valence-electron chi connectivity index (χ1n) is 14.6. The highest BCUT2D eigenvalue weighted by Gasteiger charge is 2.14. The largest absolute Gasteiger partial charge is 0.456 e. The summed E-state index contributed by atoms with van der Waals surface area (Å²) in [6.45, 7) is 0. The number of hydrogen-bond donors (Lipinski definition) is 0. The van der Waals surface area contributed by atoms with Gasteiger partial charge in [-0.1, -0.05) is 60.7 Å². The van der Waals surface area contributed by atoms with Gasteiger partial charge in [0.05, 0.1) is 0 Å². The van der Waals surface area contributed by atoms with E-state index in [-0.39, 0.29) is 0 Å². The highest BCUT2D eigenvalue weighted by molar-refractivity contribution is 6.06. The second-order valence-electron chi connectivity index (χ2n) is 10.8. The van der Waals surface area contributed by atoms with Crippen molar-refractivity contribution in [2.24, 2.45) is 0 Å². The van der Waals surface area contributed by atoms with Crippen LogP contribution in [0.4, 0.5) is 17.1 Å². The van der Waals surface area contributed by atoms with Gasteiger partial charge in [-0.15, -0.1) is 0 Å². The molecule has 0 aliphatic carbocycles. The van der Waals surface area contributed by atoms with Crippen molar-refractivity contribution in [2.75, 3.05) is 4.90 Å². The van der Waals surface area contributed by atoms with Gasteiger partial charge in [-0.3, -0.25) is 9.97 Å². The second-order valence-corrected chi connectivity index (χ2v) is 10.8. The summed E-state index contributed by atoms with van der Waals surface area (Å²) >= 11 is 0. The van der Waals surface area contributed by atoms with E-state index in [1.165, 1.54) is 0 Å². The van der Waals surface area contributed by atoms with Gasteiger partial charge >= 0.3 is 0 Å². The van der Waals surface area contributed by atoms with Crippen molar-refractivity contribution < 1.29 is 4.42 Å². The maximum absolute atomic E-state index is 6.05. The van der Waals surface area contributed by atoms with Crippen LogP contribution in [0.2, 0.25) is 0 Å². The molecule has 5 aromatic carbocycles. The number of pyridine rings is 2. The first-order chi connectivity index (χ1) is 21.8. The number of hydrogen-bond acceptors (Lipinski definition) is 4. The number of aromatic nitrogens is 2. The van der Waals surface area contributed by atoms with Gasteiger partial charge in [0.15, 0.2) is 0 Å². The van der Waals surface area contributed by atoms with Crippen LogP contribution < -0.4 is 4.90 Å². The zero-order chi connectivity index (χ0) is 29.3. The van der Waals surface area contributed by atoms with Crippen molar-refractivity contribution >= 4 is 39.0 Å². The maximum Gasteiger partial charge on any atom is 0.135 e. The normalized spacial score (nSPS) is 11.2. The monoisotopic (exact) mass is 565 g/mol. The van der Waals surface area contributed by atoms with Gasteiger partial charge in [0.25, 0.3) is 0 Å². The van der Waals surface area contributed by atoms with E-state index in [1.807, 2.05) is 61.2 Å². The van der Waals surface area contributed by atoms with Crippen molar-refractivity contribution in [2.45, 2.75) is 0 Å². The fourth-order valence-electron chi connectivity index (χ4n) is 5.85. The van der Waals surface area contributed by atoms with Crippen molar-refractivity contribution in [1.29, 1.82) is 0 Å². The highest BCUT2D eigenvalue weighted by Crippen LogP contribution is 2.38. The summed E-state index contributed by atoms with van der Waals surface area (Å²) in [5.74, 6) is 0. The summed E-state index contributed by atoms with van der Waals surface area (Å²) in [7, 11) is 0. The predicted octanol–water partition coefficient (Wildman–Crippen LogP) is 10.8. The van der Waals surface area contributed by atoms with Crippen LogP contribution in [0, 0.1) is 0 Å². The summed E-state index contributed by atoms with van der Waals surface area (Å²) in [5, 5.41) is 2.27. The van der Waals surface area contributed by atoms with E-state index in [0.29, 0.717) is 0 Å². The van der Waals surface area contributed by atoms with Gasteiger partial charge in [-0.2, -0.15) is 0 Å². The molecule has 0 saturated heterocycles. The first kappa shape index (κ1) is 25.7. The lowest BCUT2D eigenvalue weighted by Crippen LogP contribution is -2.09. The van der Waals surface area contributed by atoms with Crippen LogP contribution >= 0.6 is 0 Å². The van der Waals surface area contributed by atoms with Crippen LogP contribution in [0.1, 0.15) is 0 Å². The zero-order valence-electron chi connectivity index (χ0n) is 23.8. The fraction of sp³-hybridized carbons (Fsp3) is 0. The first-order valence-corrected chi connectivity index (χ1v) is 14.6. The molecule has 4 heteroatoms. The number of benzene rings is 5. The average Bonchev–Trinajstić information content (AvgIpc) is 3.48. The van der Waals surface area contributed by atoms with Gasteiger partial charge in [-0.25, -0.2) is 0 Å². The topological polar surface area (TPSA) is 42.2 Å². The molecule has 3 aromatic heterocycles. The summed E-state index contributed by atoms with van der Waals surface area (Å²) in [5.41, 5.74) is 12.0. The van der Waals surface area contributed by atoms with Crippen molar-refractivity contribution in [3.8, 4) is 33.4 Å². The van der Waals surface area contributed by atoms with Crippen LogP contribution in [-0.4, -0.2) is 9.97 Å². The number of para-hydroxylation sites is 1. The molecule has 0 atom stereocenters. The number of fused-ring (bicyclic) bond motifs is 3.